The second kappa shape index (κ2) is 16.1. The molecule has 6 aromatic carbocycles. The van der Waals surface area contributed by atoms with Crippen LogP contribution in [0.25, 0.3) is 55.9 Å². The summed E-state index contributed by atoms with van der Waals surface area (Å²) in [7, 11) is 0. The van der Waals surface area contributed by atoms with E-state index in [1.165, 1.54) is 73.8 Å². The SMILES string of the molecule is FC(F)(F)c1cc(-c2[c-]cccc2)nc(C(F)(F)F)c1.[Ir].[c-]1cc2c(cc1-c1ccccn1)CC1(C2)c2cc(-c3ccccc3)ccc2-c2ccc(-c3ccccc3)cc21. The van der Waals surface area contributed by atoms with Crippen LogP contribution in [-0.4, -0.2) is 9.97 Å². The zero-order valence-corrected chi connectivity index (χ0v) is 34.0. The zero-order valence-electron chi connectivity index (χ0n) is 31.6. The second-order valence-corrected chi connectivity index (χ2v) is 14.7. The molecule has 1 radical (unpaired) electrons. The zero-order chi connectivity index (χ0) is 40.8. The fourth-order valence-corrected chi connectivity index (χ4v) is 8.30. The Morgan fingerprint density at radius 3 is 1.65 bits per heavy atom. The average molecular weight is 979 g/mol. The number of aromatic nitrogens is 2. The van der Waals surface area contributed by atoms with Gasteiger partial charge in [-0.25, -0.2) is 0 Å². The molecule has 0 bridgehead atoms. The Bertz CT molecular complexity index is 2670. The van der Waals surface area contributed by atoms with Gasteiger partial charge in [0.2, 0.25) is 0 Å². The molecule has 2 aliphatic carbocycles. The van der Waals surface area contributed by atoms with Crippen LogP contribution in [0.15, 0.2) is 170 Å². The first-order valence-corrected chi connectivity index (χ1v) is 18.9. The van der Waals surface area contributed by atoms with E-state index >= 15 is 0 Å². The van der Waals surface area contributed by atoms with Crippen LogP contribution in [0.1, 0.15) is 33.5 Å². The Balaban J connectivity index is 0.000000202. The molecule has 0 atom stereocenters. The van der Waals surface area contributed by atoms with Crippen molar-refractivity contribution in [2.45, 2.75) is 30.6 Å². The van der Waals surface area contributed by atoms with Gasteiger partial charge in [0.1, 0.15) is 5.69 Å². The van der Waals surface area contributed by atoms with Crippen molar-refractivity contribution >= 4 is 0 Å². The van der Waals surface area contributed by atoms with Gasteiger partial charge in [0.05, 0.1) is 5.56 Å². The maximum atomic E-state index is 12.6. The van der Waals surface area contributed by atoms with Gasteiger partial charge in [-0.2, -0.15) is 26.3 Å². The van der Waals surface area contributed by atoms with Crippen molar-refractivity contribution in [2.24, 2.45) is 0 Å². The number of rotatable bonds is 4. The molecule has 0 fully saturated rings. The number of nitrogens with zero attached hydrogens (tertiary/aromatic N) is 2. The molecule has 1 spiro atoms. The van der Waals surface area contributed by atoms with Crippen LogP contribution in [-0.2, 0) is 50.7 Å². The summed E-state index contributed by atoms with van der Waals surface area (Å²) in [6.45, 7) is 0. The van der Waals surface area contributed by atoms with Crippen LogP contribution in [0.4, 0.5) is 26.3 Å². The van der Waals surface area contributed by atoms with Crippen LogP contribution in [0, 0.1) is 12.1 Å². The number of fused-ring (bicyclic) bond motifs is 6. The third kappa shape index (κ3) is 7.83. The molecule has 8 aromatic rings. The molecule has 0 N–H and O–H groups in total. The molecule has 2 heterocycles. The Morgan fingerprint density at radius 1 is 0.500 bits per heavy atom. The monoisotopic (exact) mass is 979 g/mol. The Kier molecular flexibility index (Phi) is 10.9. The fraction of sp³-hybridized carbons (Fsp3) is 0.0980. The van der Waals surface area contributed by atoms with Crippen molar-refractivity contribution in [3.63, 3.8) is 0 Å². The van der Waals surface area contributed by atoms with Gasteiger partial charge in [-0.3, -0.25) is 4.98 Å². The molecule has 299 valence electrons. The quantitative estimate of drug-likeness (QED) is 0.130. The van der Waals surface area contributed by atoms with Gasteiger partial charge in [-0.05, 0) is 93.0 Å². The molecule has 2 aliphatic rings. The van der Waals surface area contributed by atoms with Crippen molar-refractivity contribution in [3.05, 3.63) is 216 Å². The van der Waals surface area contributed by atoms with Gasteiger partial charge < -0.3 is 4.98 Å². The maximum Gasteiger partial charge on any atom is 0.432 e. The summed E-state index contributed by atoms with van der Waals surface area (Å²) in [4.78, 5) is 7.83. The molecule has 2 nitrogen and oxygen atoms in total. The van der Waals surface area contributed by atoms with Crippen molar-refractivity contribution < 1.29 is 46.4 Å². The minimum absolute atomic E-state index is 0. The van der Waals surface area contributed by atoms with Gasteiger partial charge in [0.25, 0.3) is 0 Å². The number of hydrogen-bond donors (Lipinski definition) is 0. The predicted octanol–water partition coefficient (Wildman–Crippen LogP) is 13.5. The summed E-state index contributed by atoms with van der Waals surface area (Å²) < 4.78 is 75.8. The first kappa shape index (κ1) is 40.6. The van der Waals surface area contributed by atoms with Crippen LogP contribution >= 0.6 is 0 Å². The number of alkyl halides is 6. The van der Waals surface area contributed by atoms with Gasteiger partial charge >= 0.3 is 12.4 Å². The van der Waals surface area contributed by atoms with E-state index in [1.54, 1.807) is 6.07 Å². The van der Waals surface area contributed by atoms with Crippen molar-refractivity contribution in [1.82, 2.24) is 9.97 Å². The number of halogens is 6. The number of pyridine rings is 2. The van der Waals surface area contributed by atoms with Gasteiger partial charge in [-0.1, -0.05) is 103 Å². The van der Waals surface area contributed by atoms with E-state index in [4.69, 9.17) is 0 Å². The predicted molar refractivity (Wildman–Crippen MR) is 218 cm³/mol. The summed E-state index contributed by atoms with van der Waals surface area (Å²) in [6.07, 6.45) is -6.01. The maximum absolute atomic E-state index is 12.6. The second-order valence-electron chi connectivity index (χ2n) is 14.7. The molecule has 60 heavy (non-hydrogen) atoms. The van der Waals surface area contributed by atoms with E-state index in [2.05, 4.69) is 137 Å². The molecule has 0 unspecified atom stereocenters. The molecule has 2 aromatic heterocycles. The average Bonchev–Trinajstić information content (AvgIpc) is 3.78. The van der Waals surface area contributed by atoms with Crippen molar-refractivity contribution in [1.29, 1.82) is 0 Å². The summed E-state index contributed by atoms with van der Waals surface area (Å²) in [6, 6.07) is 58.7. The van der Waals surface area contributed by atoms with Crippen LogP contribution in [0.3, 0.4) is 0 Å². The number of benzene rings is 6. The van der Waals surface area contributed by atoms with Crippen molar-refractivity contribution in [3.8, 4) is 55.9 Å². The first-order chi connectivity index (χ1) is 28.5. The van der Waals surface area contributed by atoms with E-state index < -0.39 is 29.3 Å². The topological polar surface area (TPSA) is 25.8 Å². The van der Waals surface area contributed by atoms with E-state index in [1.807, 2.05) is 18.3 Å². The standard InChI is InChI=1S/C38H26N.C13H6F6N.Ir/c1-3-9-26(10-4-1)28-16-18-33-34-19-17-29(27-11-5-2-6-12-27)23-36(34)38(35(33)22-28)24-31-15-14-30(21-32(31)25-38)37-13-7-8-20-39-37;14-12(15,16)9-6-10(8-4-2-1-3-5-8)20-11(7-9)13(17,18)19;/h1-13,15-23H,24-25H2;1-4,6-7H;/q2*-1;. The number of hydrogen-bond acceptors (Lipinski definition) is 2. The molecular formula is C51H32F6IrN2-2. The molecule has 0 saturated carbocycles. The Morgan fingerprint density at radius 2 is 1.10 bits per heavy atom. The van der Waals surface area contributed by atoms with E-state index in [9.17, 15) is 26.3 Å². The molecule has 0 amide bonds. The van der Waals surface area contributed by atoms with Crippen LogP contribution in [0.5, 0.6) is 0 Å². The van der Waals surface area contributed by atoms with Gasteiger partial charge in [0, 0.05) is 31.7 Å². The van der Waals surface area contributed by atoms with Crippen LogP contribution < -0.4 is 0 Å². The van der Waals surface area contributed by atoms with Crippen molar-refractivity contribution in [2.75, 3.05) is 0 Å². The third-order valence-electron chi connectivity index (χ3n) is 11.1. The molecule has 9 heteroatoms. The largest absolute Gasteiger partial charge is 0.432 e. The van der Waals surface area contributed by atoms with E-state index in [0.717, 1.165) is 24.1 Å². The minimum Gasteiger partial charge on any atom is -0.305 e. The third-order valence-corrected chi connectivity index (χ3v) is 11.1. The minimum atomic E-state index is -4.95. The molecule has 10 rings (SSSR count). The summed E-state index contributed by atoms with van der Waals surface area (Å²) in [5, 5.41) is 0. The fourth-order valence-electron chi connectivity index (χ4n) is 8.30. The van der Waals surface area contributed by atoms with E-state index in [0.29, 0.717) is 6.07 Å². The molecular weight excluding hydrogens is 947 g/mol. The molecule has 0 aliphatic heterocycles. The first-order valence-electron chi connectivity index (χ1n) is 18.9. The normalized spacial score (nSPS) is 13.4. The Hall–Kier alpha value is -6.15. The molecule has 0 saturated heterocycles. The van der Waals surface area contributed by atoms with Gasteiger partial charge in [0.15, 0.2) is 0 Å². The summed E-state index contributed by atoms with van der Waals surface area (Å²) in [5.74, 6) is 0. The smallest absolute Gasteiger partial charge is 0.305 e. The summed E-state index contributed by atoms with van der Waals surface area (Å²) in [5.41, 5.74) is 12.1. The van der Waals surface area contributed by atoms with Gasteiger partial charge in [-0.15, -0.1) is 70.8 Å². The van der Waals surface area contributed by atoms with Crippen LogP contribution in [0.2, 0.25) is 0 Å². The Labute approximate surface area is 357 Å². The van der Waals surface area contributed by atoms with E-state index in [-0.39, 0.29) is 37.2 Å². The summed E-state index contributed by atoms with van der Waals surface area (Å²) >= 11 is 0.